The van der Waals surface area contributed by atoms with Gasteiger partial charge in [0.2, 0.25) is 0 Å². The van der Waals surface area contributed by atoms with Crippen LogP contribution in [0.3, 0.4) is 0 Å². The summed E-state index contributed by atoms with van der Waals surface area (Å²) in [5.74, 6) is 0. The van der Waals surface area contributed by atoms with Gasteiger partial charge in [0.25, 0.3) is 0 Å². The first-order valence-corrected chi connectivity index (χ1v) is 9.76. The molecular formula is C14H29BFO6P. The Balaban J connectivity index is 2.98. The minimum absolute atomic E-state index is 0.0520. The predicted octanol–water partition coefficient (Wildman–Crippen LogP) is 1.31. The fraction of sp³-hybridized carbons (Fsp3) is 1.00. The fourth-order valence-electron chi connectivity index (χ4n) is 2.72. The summed E-state index contributed by atoms with van der Waals surface area (Å²) in [6.45, 7) is 6.40. The van der Waals surface area contributed by atoms with Gasteiger partial charge in [0.1, 0.15) is 20.1 Å². The van der Waals surface area contributed by atoms with Crippen LogP contribution < -0.4 is 0 Å². The van der Waals surface area contributed by atoms with Crippen molar-refractivity contribution in [2.24, 2.45) is 0 Å². The van der Waals surface area contributed by atoms with Crippen molar-refractivity contribution >= 4 is 15.4 Å². The lowest BCUT2D eigenvalue weighted by atomic mass is 9.88. The van der Waals surface area contributed by atoms with Crippen LogP contribution in [0, 0.1) is 0 Å². The van der Waals surface area contributed by atoms with Crippen molar-refractivity contribution in [1.82, 2.24) is 0 Å². The number of hydrogen-bond donors (Lipinski definition) is 3. The monoisotopic (exact) mass is 354 g/mol. The zero-order valence-electron chi connectivity index (χ0n) is 14.5. The number of rotatable bonds is 8. The van der Waals surface area contributed by atoms with Crippen LogP contribution in [0.5, 0.6) is 0 Å². The lowest BCUT2D eigenvalue weighted by molar-refractivity contribution is -0.0531. The van der Waals surface area contributed by atoms with Gasteiger partial charge in [-0.2, -0.15) is 0 Å². The first kappa shape index (κ1) is 21.1. The molecule has 0 saturated carbocycles. The van der Waals surface area contributed by atoms with Gasteiger partial charge in [-0.05, 0) is 26.2 Å². The Morgan fingerprint density at radius 1 is 1.30 bits per heavy atom. The second kappa shape index (κ2) is 7.50. The molecule has 1 fully saturated rings. The Hall–Kier alpha value is 0.0249. The van der Waals surface area contributed by atoms with E-state index in [0.29, 0.717) is 12.8 Å². The van der Waals surface area contributed by atoms with Gasteiger partial charge in [-0.25, -0.2) is 4.39 Å². The Morgan fingerprint density at radius 2 is 1.83 bits per heavy atom. The van der Waals surface area contributed by atoms with E-state index in [1.807, 2.05) is 0 Å². The molecule has 0 radical (unpaired) electrons. The molecule has 9 heteroatoms. The molecule has 6 atom stereocenters. The lowest BCUT2D eigenvalue weighted by Gasteiger charge is -2.39. The number of aliphatic hydroxyl groups excluding tert-OH is 1. The number of alkyl halides is 1. The number of ether oxygens (including phenoxy) is 1. The number of hydrogen-bond acceptors (Lipinski definition) is 5. The number of halogens is 1. The van der Waals surface area contributed by atoms with Gasteiger partial charge in [-0.15, -0.1) is 0 Å². The molecule has 1 rings (SSSR count). The fourth-order valence-corrected chi connectivity index (χ4v) is 4.17. The maximum atomic E-state index is 13.8. The van der Waals surface area contributed by atoms with Crippen LogP contribution in [0.2, 0.25) is 0 Å². The first-order valence-electron chi connectivity index (χ1n) is 8.19. The largest absolute Gasteiger partial charge is 0.387 e. The van der Waals surface area contributed by atoms with E-state index in [9.17, 15) is 24.1 Å². The molecule has 0 aliphatic carbocycles. The van der Waals surface area contributed by atoms with Gasteiger partial charge in [-0.1, -0.05) is 20.8 Å². The summed E-state index contributed by atoms with van der Waals surface area (Å²) in [5.41, 5.74) is -1.08. The smallest absolute Gasteiger partial charge is 0.359 e. The molecule has 0 amide bonds. The van der Waals surface area contributed by atoms with E-state index in [0.717, 1.165) is 0 Å². The summed E-state index contributed by atoms with van der Waals surface area (Å²) in [6.07, 6.45) is -2.74. The summed E-state index contributed by atoms with van der Waals surface area (Å²) in [5, 5.41) is 18.2. The highest BCUT2D eigenvalue weighted by Crippen LogP contribution is 2.59. The maximum absolute atomic E-state index is 13.8. The molecule has 2 unspecified atom stereocenters. The van der Waals surface area contributed by atoms with Crippen LogP contribution in [-0.4, -0.2) is 58.3 Å². The molecule has 0 aromatic rings. The third kappa shape index (κ3) is 4.36. The highest BCUT2D eigenvalue weighted by atomic mass is 31.2. The zero-order valence-corrected chi connectivity index (χ0v) is 15.4. The highest BCUT2D eigenvalue weighted by molar-refractivity contribution is 7.54. The van der Waals surface area contributed by atoms with E-state index in [1.54, 1.807) is 20.8 Å². The standard InChI is InChI=1S/C14H29BFO6P/c1-5-13(4,18)23(19,20)22-14(6-2,7-3)8-9-11(17)10(16)12(15)21-9/h9-12,17-18H,5-8,15H2,1-4H3,(H,19,20)/t9-,10-,11-,12-,13?/m1/s1. The van der Waals surface area contributed by atoms with Gasteiger partial charge in [0.05, 0.1) is 17.7 Å². The average molecular weight is 354 g/mol. The molecule has 3 N–H and O–H groups in total. The Morgan fingerprint density at radius 3 is 2.17 bits per heavy atom. The second-order valence-corrected chi connectivity index (χ2v) is 8.78. The third-order valence-corrected chi connectivity index (χ3v) is 7.17. The Kier molecular flexibility index (Phi) is 6.87. The maximum Gasteiger partial charge on any atom is 0.359 e. The van der Waals surface area contributed by atoms with E-state index in [-0.39, 0.29) is 12.8 Å². The summed E-state index contributed by atoms with van der Waals surface area (Å²) in [7, 11) is -2.80. The van der Waals surface area contributed by atoms with E-state index in [1.165, 1.54) is 14.8 Å². The van der Waals surface area contributed by atoms with Crippen molar-refractivity contribution in [3.8, 4) is 0 Å². The normalized spacial score (nSPS) is 34.1. The molecule has 6 nitrogen and oxygen atoms in total. The van der Waals surface area contributed by atoms with E-state index in [4.69, 9.17) is 9.26 Å². The van der Waals surface area contributed by atoms with Crippen molar-refractivity contribution in [3.05, 3.63) is 0 Å². The van der Waals surface area contributed by atoms with Crippen LogP contribution in [0.25, 0.3) is 0 Å². The molecule has 136 valence electrons. The molecule has 0 aromatic carbocycles. The molecule has 0 aromatic heterocycles. The second-order valence-electron chi connectivity index (χ2n) is 6.59. The van der Waals surface area contributed by atoms with Gasteiger partial charge in [-0.3, -0.25) is 9.09 Å². The van der Waals surface area contributed by atoms with Crippen LogP contribution in [0.15, 0.2) is 0 Å². The van der Waals surface area contributed by atoms with Gasteiger partial charge in [0, 0.05) is 6.42 Å². The highest BCUT2D eigenvalue weighted by Gasteiger charge is 2.50. The van der Waals surface area contributed by atoms with Crippen molar-refractivity contribution in [1.29, 1.82) is 0 Å². The minimum Gasteiger partial charge on any atom is -0.387 e. The molecule has 0 bridgehead atoms. The summed E-state index contributed by atoms with van der Waals surface area (Å²) in [4.78, 5) is 10.2. The van der Waals surface area contributed by atoms with Crippen molar-refractivity contribution < 1.29 is 33.3 Å². The molecule has 0 spiro atoms. The van der Waals surface area contributed by atoms with Gasteiger partial charge < -0.3 is 19.8 Å². The van der Waals surface area contributed by atoms with Crippen LogP contribution in [0.1, 0.15) is 53.4 Å². The number of aliphatic hydroxyl groups is 2. The Bertz CT molecular complexity index is 445. The third-order valence-electron chi connectivity index (χ3n) is 5.00. The minimum atomic E-state index is -4.33. The van der Waals surface area contributed by atoms with Crippen LogP contribution >= 0.6 is 7.60 Å². The average Bonchev–Trinajstić information content (AvgIpc) is 2.73. The first-order chi connectivity index (χ1) is 10.4. The topological polar surface area (TPSA) is 96.2 Å². The molecular weight excluding hydrogens is 325 g/mol. The zero-order chi connectivity index (χ0) is 18.1. The lowest BCUT2D eigenvalue weighted by Crippen LogP contribution is -2.41. The van der Waals surface area contributed by atoms with Gasteiger partial charge >= 0.3 is 7.60 Å². The molecule has 1 heterocycles. The van der Waals surface area contributed by atoms with E-state index < -0.39 is 42.9 Å². The quantitative estimate of drug-likeness (QED) is 0.449. The van der Waals surface area contributed by atoms with Crippen LogP contribution in [-0.2, 0) is 13.8 Å². The van der Waals surface area contributed by atoms with E-state index >= 15 is 0 Å². The van der Waals surface area contributed by atoms with Crippen LogP contribution in [0.4, 0.5) is 4.39 Å². The van der Waals surface area contributed by atoms with Crippen molar-refractivity contribution in [2.45, 2.75) is 88.7 Å². The van der Waals surface area contributed by atoms with E-state index in [2.05, 4.69) is 0 Å². The molecule has 23 heavy (non-hydrogen) atoms. The summed E-state index contributed by atoms with van der Waals surface area (Å²) in [6, 6.07) is -0.735. The summed E-state index contributed by atoms with van der Waals surface area (Å²) < 4.78 is 37.2. The molecule has 1 aliphatic rings. The molecule has 1 saturated heterocycles. The van der Waals surface area contributed by atoms with Crippen molar-refractivity contribution in [3.63, 3.8) is 0 Å². The SMILES string of the molecule is B[C@@H]1O[C@H](CC(CC)(CC)OP(=O)(O)C(C)(O)CC)[C@@H](O)[C@H]1F. The van der Waals surface area contributed by atoms with Crippen molar-refractivity contribution in [2.75, 3.05) is 0 Å². The predicted molar refractivity (Wildman–Crippen MR) is 87.9 cm³/mol. The van der Waals surface area contributed by atoms with Gasteiger partial charge in [0.15, 0.2) is 5.34 Å². The molecule has 1 aliphatic heterocycles. The Labute approximate surface area is 138 Å². The summed E-state index contributed by atoms with van der Waals surface area (Å²) >= 11 is 0.